The minimum absolute atomic E-state index is 0.0467. The van der Waals surface area contributed by atoms with E-state index in [4.69, 9.17) is 4.74 Å². The van der Waals surface area contributed by atoms with Crippen molar-refractivity contribution in [2.75, 3.05) is 19.6 Å². The molecule has 0 radical (unpaired) electrons. The van der Waals surface area contributed by atoms with E-state index in [1.807, 2.05) is 34.6 Å². The van der Waals surface area contributed by atoms with Crippen LogP contribution < -0.4 is 5.32 Å². The van der Waals surface area contributed by atoms with Gasteiger partial charge in [-0.2, -0.15) is 0 Å². The second-order valence-corrected chi connectivity index (χ2v) is 5.99. The van der Waals surface area contributed by atoms with Crippen molar-refractivity contribution in [1.29, 1.82) is 0 Å². The van der Waals surface area contributed by atoms with Gasteiger partial charge in [0.2, 0.25) is 11.8 Å². The topological polar surface area (TPSA) is 58.6 Å². The molecule has 1 fully saturated rings. The van der Waals surface area contributed by atoms with Crippen LogP contribution in [0.3, 0.4) is 0 Å². The van der Waals surface area contributed by atoms with E-state index in [1.165, 1.54) is 0 Å². The molecule has 5 heteroatoms. The Hall–Kier alpha value is -1.10. The van der Waals surface area contributed by atoms with Crippen LogP contribution in [-0.2, 0) is 14.3 Å². The van der Waals surface area contributed by atoms with Gasteiger partial charge in [0.25, 0.3) is 0 Å². The SMILES string of the molecule is CC1CN(C(=O)CNC(=O)C(C)(C)C)CC(C)O1. The first kappa shape index (κ1) is 15.0. The Labute approximate surface area is 109 Å². The smallest absolute Gasteiger partial charge is 0.242 e. The molecule has 2 amide bonds. The minimum atomic E-state index is -0.466. The molecule has 1 aliphatic heterocycles. The fraction of sp³-hybridized carbons (Fsp3) is 0.846. The lowest BCUT2D eigenvalue weighted by Gasteiger charge is -2.35. The average Bonchev–Trinajstić information content (AvgIpc) is 2.22. The Morgan fingerprint density at radius 2 is 1.72 bits per heavy atom. The fourth-order valence-electron chi connectivity index (χ4n) is 1.91. The molecule has 0 spiro atoms. The molecule has 0 bridgehead atoms. The summed E-state index contributed by atoms with van der Waals surface area (Å²) in [6.45, 7) is 10.6. The van der Waals surface area contributed by atoms with Crippen LogP contribution in [0.2, 0.25) is 0 Å². The normalized spacial score (nSPS) is 24.8. The second-order valence-electron chi connectivity index (χ2n) is 5.99. The Kier molecular flexibility index (Phi) is 4.73. The Morgan fingerprint density at radius 1 is 1.22 bits per heavy atom. The molecule has 2 atom stereocenters. The molecule has 18 heavy (non-hydrogen) atoms. The molecule has 0 aromatic carbocycles. The summed E-state index contributed by atoms with van der Waals surface area (Å²) in [4.78, 5) is 25.4. The largest absolute Gasteiger partial charge is 0.372 e. The van der Waals surface area contributed by atoms with Crippen LogP contribution >= 0.6 is 0 Å². The summed E-state index contributed by atoms with van der Waals surface area (Å²) in [6, 6.07) is 0. The zero-order chi connectivity index (χ0) is 13.9. The van der Waals surface area contributed by atoms with E-state index in [9.17, 15) is 9.59 Å². The number of amides is 2. The molecule has 0 aromatic heterocycles. The number of nitrogens with one attached hydrogen (secondary N) is 1. The van der Waals surface area contributed by atoms with Crippen molar-refractivity contribution in [3.05, 3.63) is 0 Å². The van der Waals surface area contributed by atoms with Crippen LogP contribution in [0.5, 0.6) is 0 Å². The monoisotopic (exact) mass is 256 g/mol. The molecule has 0 aliphatic carbocycles. The van der Waals surface area contributed by atoms with Gasteiger partial charge < -0.3 is 15.0 Å². The summed E-state index contributed by atoms with van der Waals surface area (Å²) in [7, 11) is 0. The number of carbonyl (C=O) groups excluding carboxylic acids is 2. The van der Waals surface area contributed by atoms with Gasteiger partial charge >= 0.3 is 0 Å². The van der Waals surface area contributed by atoms with Gasteiger partial charge in [-0.25, -0.2) is 0 Å². The van der Waals surface area contributed by atoms with E-state index >= 15 is 0 Å². The average molecular weight is 256 g/mol. The van der Waals surface area contributed by atoms with Gasteiger partial charge in [0, 0.05) is 18.5 Å². The lowest BCUT2D eigenvalue weighted by molar-refractivity contribution is -0.144. The summed E-state index contributed by atoms with van der Waals surface area (Å²) in [5.74, 6) is -0.153. The molecule has 2 unspecified atom stereocenters. The zero-order valence-electron chi connectivity index (χ0n) is 11.9. The van der Waals surface area contributed by atoms with E-state index in [0.717, 1.165) is 0 Å². The maximum absolute atomic E-state index is 12.0. The number of carbonyl (C=O) groups is 2. The van der Waals surface area contributed by atoms with Crippen molar-refractivity contribution in [2.24, 2.45) is 5.41 Å². The minimum Gasteiger partial charge on any atom is -0.372 e. The molecule has 1 rings (SSSR count). The molecule has 0 saturated carbocycles. The third-order valence-corrected chi connectivity index (χ3v) is 2.85. The van der Waals surface area contributed by atoms with Crippen molar-refractivity contribution >= 4 is 11.8 Å². The van der Waals surface area contributed by atoms with E-state index in [2.05, 4.69) is 5.32 Å². The quantitative estimate of drug-likeness (QED) is 0.794. The fourth-order valence-corrected chi connectivity index (χ4v) is 1.91. The van der Waals surface area contributed by atoms with Crippen LogP contribution in [-0.4, -0.2) is 48.6 Å². The number of hydrogen-bond acceptors (Lipinski definition) is 3. The molecular formula is C13H24N2O3. The van der Waals surface area contributed by atoms with E-state index in [1.54, 1.807) is 4.90 Å². The highest BCUT2D eigenvalue weighted by atomic mass is 16.5. The van der Waals surface area contributed by atoms with E-state index in [0.29, 0.717) is 13.1 Å². The number of nitrogens with zero attached hydrogens (tertiary/aromatic N) is 1. The van der Waals surface area contributed by atoms with E-state index in [-0.39, 0.29) is 30.6 Å². The van der Waals surface area contributed by atoms with Gasteiger partial charge in [-0.15, -0.1) is 0 Å². The van der Waals surface area contributed by atoms with Gasteiger partial charge in [0.1, 0.15) is 0 Å². The Bertz CT molecular complexity index is 313. The second kappa shape index (κ2) is 5.69. The Balaban J connectivity index is 2.44. The summed E-state index contributed by atoms with van der Waals surface area (Å²) < 4.78 is 5.57. The van der Waals surface area contributed by atoms with Crippen LogP contribution in [0, 0.1) is 5.41 Å². The van der Waals surface area contributed by atoms with Crippen molar-refractivity contribution in [2.45, 2.75) is 46.8 Å². The Morgan fingerprint density at radius 3 is 2.17 bits per heavy atom. The highest BCUT2D eigenvalue weighted by molar-refractivity contribution is 5.87. The van der Waals surface area contributed by atoms with Gasteiger partial charge in [0.05, 0.1) is 18.8 Å². The van der Waals surface area contributed by atoms with Gasteiger partial charge in [-0.1, -0.05) is 20.8 Å². The van der Waals surface area contributed by atoms with Crippen LogP contribution in [0.1, 0.15) is 34.6 Å². The van der Waals surface area contributed by atoms with Crippen LogP contribution in [0.4, 0.5) is 0 Å². The third kappa shape index (κ3) is 4.29. The number of rotatable bonds is 2. The van der Waals surface area contributed by atoms with Crippen molar-refractivity contribution < 1.29 is 14.3 Å². The summed E-state index contributed by atoms with van der Waals surface area (Å²) in [5.41, 5.74) is -0.466. The summed E-state index contributed by atoms with van der Waals surface area (Å²) >= 11 is 0. The zero-order valence-corrected chi connectivity index (χ0v) is 11.9. The van der Waals surface area contributed by atoms with Gasteiger partial charge in [-0.3, -0.25) is 9.59 Å². The molecule has 1 N–H and O–H groups in total. The van der Waals surface area contributed by atoms with Crippen molar-refractivity contribution in [1.82, 2.24) is 10.2 Å². The maximum Gasteiger partial charge on any atom is 0.242 e. The van der Waals surface area contributed by atoms with Gasteiger partial charge in [0.15, 0.2) is 0 Å². The van der Waals surface area contributed by atoms with Gasteiger partial charge in [-0.05, 0) is 13.8 Å². The summed E-state index contributed by atoms with van der Waals surface area (Å²) in [6.07, 6.45) is 0.104. The lowest BCUT2D eigenvalue weighted by atomic mass is 9.96. The van der Waals surface area contributed by atoms with Crippen molar-refractivity contribution in [3.8, 4) is 0 Å². The summed E-state index contributed by atoms with van der Waals surface area (Å²) in [5, 5.41) is 2.68. The highest BCUT2D eigenvalue weighted by Crippen LogP contribution is 2.13. The molecule has 0 aromatic rings. The lowest BCUT2D eigenvalue weighted by Crippen LogP contribution is -2.51. The standard InChI is InChI=1S/C13H24N2O3/c1-9-7-15(8-10(2)18-9)11(16)6-14-12(17)13(3,4)5/h9-10H,6-8H2,1-5H3,(H,14,17). The first-order valence-electron chi connectivity index (χ1n) is 6.41. The third-order valence-electron chi connectivity index (χ3n) is 2.85. The van der Waals surface area contributed by atoms with Crippen LogP contribution in [0.25, 0.3) is 0 Å². The molecule has 1 aliphatic rings. The molecule has 1 heterocycles. The van der Waals surface area contributed by atoms with Crippen molar-refractivity contribution in [3.63, 3.8) is 0 Å². The van der Waals surface area contributed by atoms with E-state index < -0.39 is 5.41 Å². The number of ether oxygens (including phenoxy) is 1. The predicted molar refractivity (Wildman–Crippen MR) is 69.1 cm³/mol. The molecule has 5 nitrogen and oxygen atoms in total. The number of hydrogen-bond donors (Lipinski definition) is 1. The molecule has 1 saturated heterocycles. The van der Waals surface area contributed by atoms with Crippen LogP contribution in [0.15, 0.2) is 0 Å². The number of morpholine rings is 1. The first-order valence-corrected chi connectivity index (χ1v) is 6.41. The predicted octanol–water partition coefficient (Wildman–Crippen LogP) is 0.785. The highest BCUT2D eigenvalue weighted by Gasteiger charge is 2.27. The molecular weight excluding hydrogens is 232 g/mol. The molecule has 104 valence electrons. The maximum atomic E-state index is 12.0. The first-order chi connectivity index (χ1) is 8.20.